The van der Waals surface area contributed by atoms with Crippen molar-refractivity contribution in [3.63, 3.8) is 0 Å². The van der Waals surface area contributed by atoms with Gasteiger partial charge in [-0.15, -0.1) is 0 Å². The summed E-state index contributed by atoms with van der Waals surface area (Å²) < 4.78 is 5.27. The number of carbonyl (C=O) groups is 1. The van der Waals surface area contributed by atoms with Crippen molar-refractivity contribution >= 4 is 11.6 Å². The summed E-state index contributed by atoms with van der Waals surface area (Å²) in [4.78, 5) is 19.7. The molecule has 0 bridgehead atoms. The molecule has 0 aliphatic heterocycles. The summed E-state index contributed by atoms with van der Waals surface area (Å²) in [5.41, 5.74) is 1.92. The van der Waals surface area contributed by atoms with Crippen LogP contribution >= 0.6 is 0 Å². The molecule has 1 aromatic carbocycles. The van der Waals surface area contributed by atoms with Crippen molar-refractivity contribution in [2.24, 2.45) is 0 Å². The highest BCUT2D eigenvalue weighted by Gasteiger charge is 2.14. The van der Waals surface area contributed by atoms with E-state index >= 15 is 0 Å². The quantitative estimate of drug-likeness (QED) is 0.797. The first kappa shape index (κ1) is 13.0. The van der Waals surface area contributed by atoms with Crippen LogP contribution in [0.25, 0.3) is 23.0 Å². The maximum atomic E-state index is 11.2. The Kier molecular flexibility index (Phi) is 3.42. The zero-order valence-corrected chi connectivity index (χ0v) is 11.3. The van der Waals surface area contributed by atoms with Gasteiger partial charge in [0.15, 0.2) is 0 Å². The zero-order valence-electron chi connectivity index (χ0n) is 11.3. The Balaban J connectivity index is 1.99. The second kappa shape index (κ2) is 5.54. The molecule has 1 N–H and O–H groups in total. The Labute approximate surface area is 120 Å². The number of hydrogen-bond acceptors (Lipinski definition) is 5. The van der Waals surface area contributed by atoms with Gasteiger partial charge >= 0.3 is 0 Å². The molecule has 3 aromatic rings. The third-order valence-electron chi connectivity index (χ3n) is 2.79. The number of rotatable bonds is 3. The van der Waals surface area contributed by atoms with Crippen LogP contribution in [0.5, 0.6) is 0 Å². The average Bonchev–Trinajstić information content (AvgIpc) is 2.98. The molecule has 104 valence electrons. The van der Waals surface area contributed by atoms with Gasteiger partial charge in [0.25, 0.3) is 5.89 Å². The van der Waals surface area contributed by atoms with Crippen LogP contribution in [0.1, 0.15) is 6.92 Å². The van der Waals surface area contributed by atoms with E-state index in [0.717, 1.165) is 0 Å². The number of hydrogen-bond donors (Lipinski definition) is 1. The largest absolute Gasteiger partial charge is 0.333 e. The second-order valence-electron chi connectivity index (χ2n) is 4.36. The molecule has 0 aliphatic rings. The first-order chi connectivity index (χ1) is 10.2. The fourth-order valence-electron chi connectivity index (χ4n) is 1.90. The van der Waals surface area contributed by atoms with Crippen LogP contribution in [0.4, 0.5) is 5.69 Å². The summed E-state index contributed by atoms with van der Waals surface area (Å²) in [6.45, 7) is 1.45. The minimum Gasteiger partial charge on any atom is -0.333 e. The van der Waals surface area contributed by atoms with Crippen LogP contribution in [0, 0.1) is 0 Å². The molecule has 0 saturated carbocycles. The lowest BCUT2D eigenvalue weighted by atomic mass is 10.1. The molecule has 3 rings (SSSR count). The highest BCUT2D eigenvalue weighted by atomic mass is 16.5. The molecule has 0 fully saturated rings. The number of pyridine rings is 1. The Morgan fingerprint density at radius 3 is 2.71 bits per heavy atom. The summed E-state index contributed by atoms with van der Waals surface area (Å²) in [6, 6.07) is 12.7. The van der Waals surface area contributed by atoms with Crippen molar-refractivity contribution in [3.8, 4) is 23.0 Å². The third kappa shape index (κ3) is 2.79. The summed E-state index contributed by atoms with van der Waals surface area (Å²) >= 11 is 0. The molecule has 2 aromatic heterocycles. The summed E-state index contributed by atoms with van der Waals surface area (Å²) in [6.07, 6.45) is 1.66. The molecule has 2 heterocycles. The van der Waals surface area contributed by atoms with Crippen LogP contribution in [-0.2, 0) is 4.79 Å². The van der Waals surface area contributed by atoms with Crippen LogP contribution in [-0.4, -0.2) is 21.0 Å². The molecule has 0 saturated heterocycles. The molecule has 21 heavy (non-hydrogen) atoms. The van der Waals surface area contributed by atoms with E-state index in [1.54, 1.807) is 24.4 Å². The number of nitrogens with one attached hydrogen (secondary N) is 1. The summed E-state index contributed by atoms with van der Waals surface area (Å²) in [5, 5.41) is 6.66. The normalized spacial score (nSPS) is 10.3. The van der Waals surface area contributed by atoms with Gasteiger partial charge in [0.05, 0.1) is 11.3 Å². The van der Waals surface area contributed by atoms with Gasteiger partial charge in [-0.05, 0) is 24.3 Å². The smallest absolute Gasteiger partial charge is 0.260 e. The van der Waals surface area contributed by atoms with Gasteiger partial charge in [-0.25, -0.2) is 0 Å². The summed E-state index contributed by atoms with van der Waals surface area (Å²) in [7, 11) is 0. The van der Waals surface area contributed by atoms with Crippen LogP contribution < -0.4 is 5.32 Å². The highest BCUT2D eigenvalue weighted by molar-refractivity contribution is 5.93. The van der Waals surface area contributed by atoms with E-state index in [1.165, 1.54) is 6.92 Å². The van der Waals surface area contributed by atoms with Gasteiger partial charge in [0, 0.05) is 13.1 Å². The zero-order chi connectivity index (χ0) is 14.7. The molecule has 6 heteroatoms. The lowest BCUT2D eigenvalue weighted by molar-refractivity contribution is -0.114. The van der Waals surface area contributed by atoms with E-state index in [4.69, 9.17) is 4.52 Å². The van der Waals surface area contributed by atoms with Crippen LogP contribution in [0.3, 0.4) is 0 Å². The maximum Gasteiger partial charge on any atom is 0.260 e. The molecule has 0 atom stereocenters. The monoisotopic (exact) mass is 280 g/mol. The fourth-order valence-corrected chi connectivity index (χ4v) is 1.90. The van der Waals surface area contributed by atoms with E-state index < -0.39 is 0 Å². The van der Waals surface area contributed by atoms with Gasteiger partial charge in [-0.1, -0.05) is 23.4 Å². The van der Waals surface area contributed by atoms with Crippen molar-refractivity contribution in [2.75, 3.05) is 5.32 Å². The molecule has 0 unspecified atom stereocenters. The molecule has 0 radical (unpaired) electrons. The van der Waals surface area contributed by atoms with Crippen molar-refractivity contribution in [1.82, 2.24) is 15.1 Å². The molecular formula is C15H12N4O2. The van der Waals surface area contributed by atoms with Crippen LogP contribution in [0.2, 0.25) is 0 Å². The van der Waals surface area contributed by atoms with E-state index in [-0.39, 0.29) is 5.91 Å². The molecule has 0 spiro atoms. The number of aromatic nitrogens is 3. The molecule has 0 aliphatic carbocycles. The number of para-hydroxylation sites is 1. The molecule has 6 nitrogen and oxygen atoms in total. The van der Waals surface area contributed by atoms with E-state index in [1.807, 2.05) is 24.3 Å². The van der Waals surface area contributed by atoms with Crippen molar-refractivity contribution < 1.29 is 9.32 Å². The van der Waals surface area contributed by atoms with E-state index in [2.05, 4.69) is 20.4 Å². The van der Waals surface area contributed by atoms with Gasteiger partial charge in [-0.3, -0.25) is 9.78 Å². The highest BCUT2D eigenvalue weighted by Crippen LogP contribution is 2.27. The summed E-state index contributed by atoms with van der Waals surface area (Å²) in [5.74, 6) is 0.579. The lowest BCUT2D eigenvalue weighted by Gasteiger charge is -2.05. The Morgan fingerprint density at radius 1 is 1.14 bits per heavy atom. The van der Waals surface area contributed by atoms with Gasteiger partial charge in [0.2, 0.25) is 11.7 Å². The lowest BCUT2D eigenvalue weighted by Crippen LogP contribution is -2.06. The van der Waals surface area contributed by atoms with Crippen molar-refractivity contribution in [1.29, 1.82) is 0 Å². The maximum absolute atomic E-state index is 11.2. The number of anilines is 1. The van der Waals surface area contributed by atoms with Crippen molar-refractivity contribution in [2.45, 2.75) is 6.92 Å². The van der Waals surface area contributed by atoms with E-state index in [9.17, 15) is 4.79 Å². The first-order valence-corrected chi connectivity index (χ1v) is 6.36. The Hall–Kier alpha value is -3.02. The average molecular weight is 280 g/mol. The topological polar surface area (TPSA) is 80.9 Å². The standard InChI is InChI=1S/C15H12N4O2/c1-10(20)17-12-7-3-2-6-11(12)15-18-14(19-21-15)13-8-4-5-9-16-13/h2-9H,1H3,(H,17,20). The van der Waals surface area contributed by atoms with Crippen LogP contribution in [0.15, 0.2) is 53.2 Å². The Bertz CT molecular complexity index is 768. The number of carbonyl (C=O) groups excluding carboxylic acids is 1. The number of amides is 1. The Morgan fingerprint density at radius 2 is 1.95 bits per heavy atom. The molecule has 1 amide bonds. The predicted octanol–water partition coefficient (Wildman–Crippen LogP) is 2.76. The molecular weight excluding hydrogens is 268 g/mol. The van der Waals surface area contributed by atoms with Gasteiger partial charge < -0.3 is 9.84 Å². The van der Waals surface area contributed by atoms with Gasteiger partial charge in [0.1, 0.15) is 5.69 Å². The minimum absolute atomic E-state index is 0.160. The predicted molar refractivity (Wildman–Crippen MR) is 77.3 cm³/mol. The number of nitrogens with zero attached hydrogens (tertiary/aromatic N) is 3. The second-order valence-corrected chi connectivity index (χ2v) is 4.36. The van der Waals surface area contributed by atoms with Crippen molar-refractivity contribution in [3.05, 3.63) is 48.7 Å². The fraction of sp³-hybridized carbons (Fsp3) is 0.0667. The SMILES string of the molecule is CC(=O)Nc1ccccc1-c1nc(-c2ccccn2)no1. The first-order valence-electron chi connectivity index (χ1n) is 6.36. The third-order valence-corrected chi connectivity index (χ3v) is 2.79. The van der Waals surface area contributed by atoms with Gasteiger partial charge in [-0.2, -0.15) is 4.98 Å². The number of benzene rings is 1. The van der Waals surface area contributed by atoms with E-state index in [0.29, 0.717) is 28.7 Å². The minimum atomic E-state index is -0.160.